The Morgan fingerprint density at radius 3 is 1.82 bits per heavy atom. The first kappa shape index (κ1) is 29.2. The molecule has 3 aromatic carbocycles. The number of sulfonamides is 1. The van der Waals surface area contributed by atoms with Gasteiger partial charge in [0.2, 0.25) is 0 Å². The monoisotopic (exact) mass is 536 g/mol. The Balaban J connectivity index is 1.67. The summed E-state index contributed by atoms with van der Waals surface area (Å²) in [7, 11) is -2.22. The van der Waals surface area contributed by atoms with E-state index in [1.165, 1.54) is 44.9 Å². The van der Waals surface area contributed by atoms with Crippen LogP contribution >= 0.6 is 0 Å². The van der Waals surface area contributed by atoms with Gasteiger partial charge >= 0.3 is 0 Å². The predicted molar refractivity (Wildman–Crippen MR) is 155 cm³/mol. The van der Waals surface area contributed by atoms with Crippen LogP contribution in [-0.2, 0) is 10.0 Å². The summed E-state index contributed by atoms with van der Waals surface area (Å²) in [6, 6.07) is 21.6. The standard InChI is InChI=1S/C31H40N2O4S/c1-4-5-6-7-8-9-10-11-24-37-29-20-16-27(17-21-29)31(26-14-18-28(36-3)19-15-26)32-33-38(34,35)30-22-12-25(2)13-23-30/h12-23,33H,4-11,24H2,1-3H3/b32-31+. The molecule has 0 radical (unpaired) electrons. The number of rotatable bonds is 16. The molecule has 38 heavy (non-hydrogen) atoms. The molecule has 0 saturated heterocycles. The first-order valence-electron chi connectivity index (χ1n) is 13.5. The van der Waals surface area contributed by atoms with Gasteiger partial charge in [-0.25, -0.2) is 0 Å². The van der Waals surface area contributed by atoms with E-state index in [9.17, 15) is 8.42 Å². The molecule has 0 aromatic heterocycles. The molecule has 0 unspecified atom stereocenters. The molecule has 3 aromatic rings. The van der Waals surface area contributed by atoms with Crippen molar-refractivity contribution < 1.29 is 17.9 Å². The summed E-state index contributed by atoms with van der Waals surface area (Å²) >= 11 is 0. The summed E-state index contributed by atoms with van der Waals surface area (Å²) in [5.74, 6) is 1.49. The Kier molecular flexibility index (Phi) is 11.7. The smallest absolute Gasteiger partial charge is 0.276 e. The maximum absolute atomic E-state index is 12.9. The van der Waals surface area contributed by atoms with E-state index >= 15 is 0 Å². The van der Waals surface area contributed by atoms with Crippen LogP contribution < -0.4 is 14.3 Å². The van der Waals surface area contributed by atoms with Crippen LogP contribution in [0, 0.1) is 6.92 Å². The minimum Gasteiger partial charge on any atom is -0.497 e. The number of hydrogen-bond donors (Lipinski definition) is 1. The van der Waals surface area contributed by atoms with Gasteiger partial charge in [0.05, 0.1) is 24.3 Å². The van der Waals surface area contributed by atoms with Crippen molar-refractivity contribution in [1.82, 2.24) is 4.83 Å². The lowest BCUT2D eigenvalue weighted by Gasteiger charge is -2.11. The average Bonchev–Trinajstić information content (AvgIpc) is 2.93. The third kappa shape index (κ3) is 9.21. The first-order chi connectivity index (χ1) is 18.4. The average molecular weight is 537 g/mol. The molecule has 0 saturated carbocycles. The molecule has 0 spiro atoms. The molecular formula is C31H40N2O4S. The fourth-order valence-electron chi connectivity index (χ4n) is 4.06. The second-order valence-corrected chi connectivity index (χ2v) is 11.1. The van der Waals surface area contributed by atoms with E-state index in [0.717, 1.165) is 28.9 Å². The second kappa shape index (κ2) is 15.2. The van der Waals surface area contributed by atoms with Crippen molar-refractivity contribution in [2.75, 3.05) is 13.7 Å². The molecule has 0 bridgehead atoms. The van der Waals surface area contributed by atoms with Gasteiger partial charge in [-0.05, 0) is 74.0 Å². The van der Waals surface area contributed by atoms with E-state index in [2.05, 4.69) is 16.9 Å². The van der Waals surface area contributed by atoms with Crippen LogP contribution in [0.25, 0.3) is 0 Å². The van der Waals surface area contributed by atoms with Crippen LogP contribution in [0.4, 0.5) is 0 Å². The summed E-state index contributed by atoms with van der Waals surface area (Å²) in [5, 5.41) is 4.34. The Morgan fingerprint density at radius 2 is 1.26 bits per heavy atom. The number of methoxy groups -OCH3 is 1. The molecule has 0 aliphatic rings. The van der Waals surface area contributed by atoms with Gasteiger partial charge in [-0.15, -0.1) is 0 Å². The molecule has 0 heterocycles. The van der Waals surface area contributed by atoms with E-state index in [4.69, 9.17) is 9.47 Å². The van der Waals surface area contributed by atoms with Crippen molar-refractivity contribution in [3.8, 4) is 11.5 Å². The van der Waals surface area contributed by atoms with E-state index in [-0.39, 0.29) is 4.90 Å². The maximum Gasteiger partial charge on any atom is 0.276 e. The van der Waals surface area contributed by atoms with Gasteiger partial charge in [0.25, 0.3) is 10.0 Å². The normalized spacial score (nSPS) is 11.8. The fourth-order valence-corrected chi connectivity index (χ4v) is 4.87. The maximum atomic E-state index is 12.9. The highest BCUT2D eigenvalue weighted by Crippen LogP contribution is 2.20. The van der Waals surface area contributed by atoms with Gasteiger partial charge < -0.3 is 9.47 Å². The van der Waals surface area contributed by atoms with Gasteiger partial charge in [0, 0.05) is 11.1 Å². The van der Waals surface area contributed by atoms with Gasteiger partial charge in [-0.1, -0.05) is 69.6 Å². The van der Waals surface area contributed by atoms with E-state index in [0.29, 0.717) is 18.1 Å². The summed E-state index contributed by atoms with van der Waals surface area (Å²) < 4.78 is 36.9. The van der Waals surface area contributed by atoms with Crippen molar-refractivity contribution in [2.45, 2.75) is 70.1 Å². The number of benzene rings is 3. The van der Waals surface area contributed by atoms with Gasteiger partial charge in [0.15, 0.2) is 0 Å². The molecule has 0 amide bonds. The molecule has 0 aliphatic carbocycles. The number of unbranched alkanes of at least 4 members (excludes halogenated alkanes) is 7. The van der Waals surface area contributed by atoms with Crippen molar-refractivity contribution in [2.24, 2.45) is 5.10 Å². The van der Waals surface area contributed by atoms with Crippen molar-refractivity contribution >= 4 is 15.7 Å². The molecule has 7 heteroatoms. The Labute approximate surface area is 228 Å². The third-order valence-corrected chi connectivity index (χ3v) is 7.59. The number of nitrogens with one attached hydrogen (secondary N) is 1. The van der Waals surface area contributed by atoms with Gasteiger partial charge in [0.1, 0.15) is 11.5 Å². The van der Waals surface area contributed by atoms with Crippen LogP contribution in [0.15, 0.2) is 82.8 Å². The molecule has 0 atom stereocenters. The van der Waals surface area contributed by atoms with Crippen LogP contribution in [-0.4, -0.2) is 27.8 Å². The molecule has 6 nitrogen and oxygen atoms in total. The highest BCUT2D eigenvalue weighted by atomic mass is 32.2. The summed E-state index contributed by atoms with van der Waals surface area (Å²) in [5.41, 5.74) is 3.00. The van der Waals surface area contributed by atoms with Crippen LogP contribution in [0.2, 0.25) is 0 Å². The van der Waals surface area contributed by atoms with Gasteiger partial charge in [-0.2, -0.15) is 18.4 Å². The number of nitrogens with zero attached hydrogens (tertiary/aromatic N) is 1. The van der Waals surface area contributed by atoms with Crippen molar-refractivity contribution in [3.63, 3.8) is 0 Å². The van der Waals surface area contributed by atoms with Crippen LogP contribution in [0.3, 0.4) is 0 Å². The lowest BCUT2D eigenvalue weighted by molar-refractivity contribution is 0.304. The number of aryl methyl sites for hydroxylation is 1. The SMILES string of the molecule is CCCCCCCCCCOc1ccc(/C(=N/NS(=O)(=O)c2ccc(C)cc2)c2ccc(OC)cc2)cc1. The largest absolute Gasteiger partial charge is 0.497 e. The lowest BCUT2D eigenvalue weighted by Crippen LogP contribution is -2.21. The molecule has 0 aliphatic heterocycles. The van der Waals surface area contributed by atoms with Crippen LogP contribution in [0.5, 0.6) is 11.5 Å². The fraction of sp³-hybridized carbons (Fsp3) is 0.387. The Bertz CT molecular complexity index is 1240. The minimum atomic E-state index is -3.82. The van der Waals surface area contributed by atoms with E-state index < -0.39 is 10.0 Å². The highest BCUT2D eigenvalue weighted by molar-refractivity contribution is 7.89. The number of ether oxygens (including phenoxy) is 2. The quantitative estimate of drug-likeness (QED) is 0.119. The zero-order chi connectivity index (χ0) is 27.2. The summed E-state index contributed by atoms with van der Waals surface area (Å²) in [4.78, 5) is 2.56. The Morgan fingerprint density at radius 1 is 0.737 bits per heavy atom. The van der Waals surface area contributed by atoms with Gasteiger partial charge in [-0.3, -0.25) is 0 Å². The molecule has 204 valence electrons. The minimum absolute atomic E-state index is 0.158. The molecule has 1 N–H and O–H groups in total. The lowest BCUT2D eigenvalue weighted by atomic mass is 10.0. The third-order valence-electron chi connectivity index (χ3n) is 6.37. The number of hydrogen-bond acceptors (Lipinski definition) is 5. The summed E-state index contributed by atoms with van der Waals surface area (Å²) in [6.07, 6.45) is 10.1. The summed E-state index contributed by atoms with van der Waals surface area (Å²) in [6.45, 7) is 4.83. The zero-order valence-corrected chi connectivity index (χ0v) is 23.6. The second-order valence-electron chi connectivity index (χ2n) is 9.44. The Hall–Kier alpha value is -3.32. The molecule has 0 fully saturated rings. The highest BCUT2D eigenvalue weighted by Gasteiger charge is 2.15. The van der Waals surface area contributed by atoms with Crippen molar-refractivity contribution in [1.29, 1.82) is 0 Å². The topological polar surface area (TPSA) is 77.0 Å². The zero-order valence-electron chi connectivity index (χ0n) is 22.8. The van der Waals surface area contributed by atoms with Crippen LogP contribution in [0.1, 0.15) is 75.0 Å². The van der Waals surface area contributed by atoms with Crippen molar-refractivity contribution in [3.05, 3.63) is 89.5 Å². The molecule has 3 rings (SSSR count). The van der Waals surface area contributed by atoms with E-state index in [1.807, 2.05) is 55.5 Å². The van der Waals surface area contributed by atoms with E-state index in [1.54, 1.807) is 31.4 Å². The number of hydrazone groups is 1. The molecular weight excluding hydrogens is 496 g/mol. The first-order valence-corrected chi connectivity index (χ1v) is 14.9. The predicted octanol–water partition coefficient (Wildman–Crippen LogP) is 7.25.